The number of nitrogens with one attached hydrogen (secondary N) is 2. The van der Waals surface area contributed by atoms with Crippen LogP contribution in [0.15, 0.2) is 24.3 Å². The summed E-state index contributed by atoms with van der Waals surface area (Å²) < 4.78 is 0. The first-order valence-corrected chi connectivity index (χ1v) is 6.86. The molecule has 0 fully saturated rings. The van der Waals surface area contributed by atoms with Crippen LogP contribution in [0.3, 0.4) is 0 Å². The van der Waals surface area contributed by atoms with Crippen LogP contribution in [0.5, 0.6) is 0 Å². The molecule has 0 heterocycles. The van der Waals surface area contributed by atoms with Crippen LogP contribution in [0.2, 0.25) is 0 Å². The molecule has 1 aromatic carbocycles. The highest BCUT2D eigenvalue weighted by atomic mass is 16.4. The van der Waals surface area contributed by atoms with E-state index in [1.807, 2.05) is 6.92 Å². The largest absolute Gasteiger partial charge is 0.480 e. The molecule has 0 bridgehead atoms. The predicted octanol–water partition coefficient (Wildman–Crippen LogP) is 2.02. The molecular weight excluding hydrogens is 272 g/mol. The van der Waals surface area contributed by atoms with Crippen molar-refractivity contribution >= 4 is 23.5 Å². The van der Waals surface area contributed by atoms with Gasteiger partial charge < -0.3 is 15.7 Å². The van der Waals surface area contributed by atoms with Gasteiger partial charge in [-0.05, 0) is 18.6 Å². The molecule has 21 heavy (non-hydrogen) atoms. The van der Waals surface area contributed by atoms with Crippen LogP contribution >= 0.6 is 0 Å². The lowest BCUT2D eigenvalue weighted by atomic mass is 10.1. The number of benzene rings is 1. The lowest BCUT2D eigenvalue weighted by Crippen LogP contribution is -2.41. The summed E-state index contributed by atoms with van der Waals surface area (Å²) in [6, 6.07) is 5.55. The monoisotopic (exact) mass is 292 g/mol. The molecule has 0 aliphatic carbocycles. The third-order valence-electron chi connectivity index (χ3n) is 2.93. The van der Waals surface area contributed by atoms with Crippen molar-refractivity contribution in [1.29, 1.82) is 0 Å². The first-order valence-electron chi connectivity index (χ1n) is 6.86. The first-order chi connectivity index (χ1) is 9.95. The van der Waals surface area contributed by atoms with Crippen molar-refractivity contribution in [2.24, 2.45) is 0 Å². The van der Waals surface area contributed by atoms with Crippen LogP contribution in [-0.2, 0) is 9.59 Å². The number of carbonyl (C=O) groups excluding carboxylic acids is 2. The zero-order chi connectivity index (χ0) is 15.8. The second-order valence-corrected chi connectivity index (χ2v) is 4.73. The maximum absolute atomic E-state index is 12.2. The molecule has 1 rings (SSSR count). The quantitative estimate of drug-likeness (QED) is 0.716. The Hall–Kier alpha value is -2.37. The second-order valence-electron chi connectivity index (χ2n) is 4.73. The van der Waals surface area contributed by atoms with E-state index in [1.165, 1.54) is 6.92 Å². The van der Waals surface area contributed by atoms with Crippen molar-refractivity contribution in [3.8, 4) is 0 Å². The van der Waals surface area contributed by atoms with E-state index in [9.17, 15) is 14.4 Å². The third-order valence-corrected chi connectivity index (χ3v) is 2.93. The van der Waals surface area contributed by atoms with E-state index in [-0.39, 0.29) is 11.5 Å². The highest BCUT2D eigenvalue weighted by molar-refractivity contribution is 6.04. The van der Waals surface area contributed by atoms with Gasteiger partial charge in [0.25, 0.3) is 5.91 Å². The number of hydrogen-bond donors (Lipinski definition) is 3. The summed E-state index contributed by atoms with van der Waals surface area (Å²) in [4.78, 5) is 34.5. The minimum atomic E-state index is -1.06. The average Bonchev–Trinajstić information content (AvgIpc) is 2.42. The van der Waals surface area contributed by atoms with Crippen LogP contribution in [0.1, 0.15) is 43.5 Å². The summed E-state index contributed by atoms with van der Waals surface area (Å²) in [5, 5.41) is 14.2. The Bertz CT molecular complexity index is 528. The normalized spacial score (nSPS) is 11.5. The van der Waals surface area contributed by atoms with E-state index < -0.39 is 17.9 Å². The Labute approximate surface area is 123 Å². The molecule has 0 unspecified atom stereocenters. The van der Waals surface area contributed by atoms with E-state index in [2.05, 4.69) is 10.6 Å². The Kier molecular flexibility index (Phi) is 6.39. The number of anilines is 1. The van der Waals surface area contributed by atoms with Gasteiger partial charge in [-0.15, -0.1) is 0 Å². The van der Waals surface area contributed by atoms with E-state index in [0.717, 1.165) is 6.42 Å². The molecule has 1 aromatic rings. The number of aliphatic carboxylic acids is 1. The molecule has 0 aliphatic rings. The average molecular weight is 292 g/mol. The van der Waals surface area contributed by atoms with Crippen molar-refractivity contribution < 1.29 is 19.5 Å². The topological polar surface area (TPSA) is 95.5 Å². The number of amides is 2. The first kappa shape index (κ1) is 16.7. The SMILES string of the molecule is CCCC[C@H](NC(=O)c1ccccc1NC(C)=O)C(=O)O. The smallest absolute Gasteiger partial charge is 0.326 e. The Morgan fingerprint density at radius 1 is 1.24 bits per heavy atom. The van der Waals surface area contributed by atoms with Gasteiger partial charge in [-0.1, -0.05) is 31.9 Å². The summed E-state index contributed by atoms with van der Waals surface area (Å²) in [5.41, 5.74) is 0.609. The lowest BCUT2D eigenvalue weighted by molar-refractivity contribution is -0.139. The number of carboxylic acids is 1. The second kappa shape index (κ2) is 8.04. The van der Waals surface area contributed by atoms with Gasteiger partial charge in [-0.25, -0.2) is 4.79 Å². The summed E-state index contributed by atoms with van der Waals surface area (Å²) in [6.45, 7) is 3.29. The van der Waals surface area contributed by atoms with Gasteiger partial charge in [0, 0.05) is 6.92 Å². The fraction of sp³-hybridized carbons (Fsp3) is 0.400. The standard InChI is InChI=1S/C15H20N2O4/c1-3-4-8-13(15(20)21)17-14(19)11-7-5-6-9-12(11)16-10(2)18/h5-7,9,13H,3-4,8H2,1-2H3,(H,16,18)(H,17,19)(H,20,21)/t13-/m0/s1. The number of rotatable bonds is 7. The van der Waals surface area contributed by atoms with Gasteiger partial charge in [0.05, 0.1) is 11.3 Å². The van der Waals surface area contributed by atoms with Crippen LogP contribution in [-0.4, -0.2) is 28.9 Å². The number of para-hydroxylation sites is 1. The molecule has 0 aliphatic heterocycles. The van der Waals surface area contributed by atoms with Crippen molar-refractivity contribution in [3.63, 3.8) is 0 Å². The number of carboxylic acid groups (broad SMARTS) is 1. The highest BCUT2D eigenvalue weighted by Gasteiger charge is 2.21. The molecule has 0 aromatic heterocycles. The number of unbranched alkanes of at least 4 members (excludes halogenated alkanes) is 1. The number of carbonyl (C=O) groups is 3. The molecule has 6 heteroatoms. The molecule has 0 radical (unpaired) electrons. The van der Waals surface area contributed by atoms with E-state index >= 15 is 0 Å². The highest BCUT2D eigenvalue weighted by Crippen LogP contribution is 2.15. The molecule has 1 atom stereocenters. The van der Waals surface area contributed by atoms with Crippen molar-refractivity contribution in [1.82, 2.24) is 5.32 Å². The molecule has 6 nitrogen and oxygen atoms in total. The van der Waals surface area contributed by atoms with Gasteiger partial charge in [0.15, 0.2) is 0 Å². The van der Waals surface area contributed by atoms with Gasteiger partial charge in [-0.2, -0.15) is 0 Å². The fourth-order valence-corrected chi connectivity index (χ4v) is 1.88. The van der Waals surface area contributed by atoms with Gasteiger partial charge in [-0.3, -0.25) is 9.59 Å². The molecule has 0 saturated carbocycles. The molecule has 2 amide bonds. The predicted molar refractivity (Wildman–Crippen MR) is 79.2 cm³/mol. The Balaban J connectivity index is 2.87. The molecule has 114 valence electrons. The van der Waals surface area contributed by atoms with Crippen LogP contribution < -0.4 is 10.6 Å². The Morgan fingerprint density at radius 3 is 2.48 bits per heavy atom. The molecule has 0 spiro atoms. The van der Waals surface area contributed by atoms with E-state index in [0.29, 0.717) is 18.5 Å². The molecule has 0 saturated heterocycles. The minimum Gasteiger partial charge on any atom is -0.480 e. The number of hydrogen-bond acceptors (Lipinski definition) is 3. The summed E-state index contributed by atoms with van der Waals surface area (Å²) >= 11 is 0. The summed E-state index contributed by atoms with van der Waals surface area (Å²) in [6.07, 6.45) is 1.94. The van der Waals surface area contributed by atoms with Gasteiger partial charge in [0.2, 0.25) is 5.91 Å². The van der Waals surface area contributed by atoms with E-state index in [4.69, 9.17) is 5.11 Å². The maximum atomic E-state index is 12.2. The molecular formula is C15H20N2O4. The zero-order valence-corrected chi connectivity index (χ0v) is 12.2. The maximum Gasteiger partial charge on any atom is 0.326 e. The van der Waals surface area contributed by atoms with Gasteiger partial charge >= 0.3 is 5.97 Å². The summed E-state index contributed by atoms with van der Waals surface area (Å²) in [7, 11) is 0. The Morgan fingerprint density at radius 2 is 1.90 bits per heavy atom. The van der Waals surface area contributed by atoms with Crippen molar-refractivity contribution in [3.05, 3.63) is 29.8 Å². The zero-order valence-electron chi connectivity index (χ0n) is 12.2. The summed E-state index contributed by atoms with van der Waals surface area (Å²) in [5.74, 6) is -1.87. The fourth-order valence-electron chi connectivity index (χ4n) is 1.88. The van der Waals surface area contributed by atoms with Crippen LogP contribution in [0.25, 0.3) is 0 Å². The van der Waals surface area contributed by atoms with Crippen molar-refractivity contribution in [2.75, 3.05) is 5.32 Å². The third kappa shape index (κ3) is 5.25. The van der Waals surface area contributed by atoms with Crippen LogP contribution in [0, 0.1) is 0 Å². The van der Waals surface area contributed by atoms with E-state index in [1.54, 1.807) is 24.3 Å². The molecule has 3 N–H and O–H groups in total. The van der Waals surface area contributed by atoms with Gasteiger partial charge in [0.1, 0.15) is 6.04 Å². The lowest BCUT2D eigenvalue weighted by Gasteiger charge is -2.15. The van der Waals surface area contributed by atoms with Crippen molar-refractivity contribution in [2.45, 2.75) is 39.2 Å². The minimum absolute atomic E-state index is 0.246. The van der Waals surface area contributed by atoms with Crippen LogP contribution in [0.4, 0.5) is 5.69 Å².